The lowest BCUT2D eigenvalue weighted by atomic mass is 9.77. The highest BCUT2D eigenvalue weighted by Gasteiger charge is 2.24. The Hall–Kier alpha value is -1.64. The molecule has 2 aromatic carbocycles. The molecule has 2 fully saturated rings. The molecule has 0 aromatic heterocycles. The second-order valence-corrected chi connectivity index (χ2v) is 8.89. The van der Waals surface area contributed by atoms with Crippen LogP contribution >= 0.6 is 0 Å². The molecule has 0 radical (unpaired) electrons. The molecule has 2 aromatic rings. The zero-order chi connectivity index (χ0) is 18.7. The summed E-state index contributed by atoms with van der Waals surface area (Å²) in [6.07, 6.45) is 4.68. The quantitative estimate of drug-likeness (QED) is 0.704. The second-order valence-electron chi connectivity index (χ2n) is 8.89. The van der Waals surface area contributed by atoms with Crippen LogP contribution in [-0.2, 0) is 27.7 Å². The summed E-state index contributed by atoms with van der Waals surface area (Å²) in [5, 5.41) is 0. The molecule has 2 heteroatoms. The zero-order valence-corrected chi connectivity index (χ0v) is 16.7. The molecule has 0 N–H and O–H groups in total. The van der Waals surface area contributed by atoms with Crippen molar-refractivity contribution >= 4 is 0 Å². The van der Waals surface area contributed by atoms with Crippen molar-refractivity contribution in [1.82, 2.24) is 0 Å². The molecular weight excluding hydrogens is 332 g/mol. The molecule has 0 aliphatic carbocycles. The minimum Gasteiger partial charge on any atom is -0.381 e. The summed E-state index contributed by atoms with van der Waals surface area (Å²) in [6.45, 7) is 8.36. The Morgan fingerprint density at radius 3 is 1.44 bits per heavy atom. The first kappa shape index (κ1) is 18.7. The van der Waals surface area contributed by atoms with Crippen LogP contribution in [0.5, 0.6) is 0 Å². The van der Waals surface area contributed by atoms with E-state index in [1.54, 1.807) is 0 Å². The minimum absolute atomic E-state index is 0.0179. The Bertz CT molecular complexity index is 654. The molecular formula is C25H32O2. The SMILES string of the molecule is CC(C)(c1ccc(CC2CCOC2)cc1)c1ccc(CC2CCOC2)cc1. The van der Waals surface area contributed by atoms with Crippen LogP contribution in [0.1, 0.15) is 48.9 Å². The lowest BCUT2D eigenvalue weighted by Gasteiger charge is -2.27. The van der Waals surface area contributed by atoms with E-state index in [1.807, 2.05) is 0 Å². The van der Waals surface area contributed by atoms with Gasteiger partial charge in [-0.2, -0.15) is 0 Å². The van der Waals surface area contributed by atoms with Gasteiger partial charge in [0.1, 0.15) is 0 Å². The standard InChI is InChI=1S/C25H32O2/c1-25(2,23-7-3-19(4-8-23)15-21-11-13-26-17-21)24-9-5-20(6-10-24)16-22-12-14-27-18-22/h3-10,21-22H,11-18H2,1-2H3. The Morgan fingerprint density at radius 2 is 1.11 bits per heavy atom. The molecule has 0 saturated carbocycles. The topological polar surface area (TPSA) is 18.5 Å². The smallest absolute Gasteiger partial charge is 0.0498 e. The van der Waals surface area contributed by atoms with Gasteiger partial charge >= 0.3 is 0 Å². The highest BCUT2D eigenvalue weighted by Crippen LogP contribution is 2.32. The van der Waals surface area contributed by atoms with Gasteiger partial charge in [0, 0.05) is 31.8 Å². The lowest BCUT2D eigenvalue weighted by molar-refractivity contribution is 0.186. The van der Waals surface area contributed by atoms with Crippen molar-refractivity contribution in [3.05, 3.63) is 70.8 Å². The molecule has 4 rings (SSSR count). The summed E-state index contributed by atoms with van der Waals surface area (Å²) in [5.74, 6) is 1.39. The number of rotatable bonds is 6. The largest absolute Gasteiger partial charge is 0.381 e. The van der Waals surface area contributed by atoms with Crippen molar-refractivity contribution in [3.63, 3.8) is 0 Å². The zero-order valence-electron chi connectivity index (χ0n) is 16.7. The molecule has 2 unspecified atom stereocenters. The molecule has 2 aliphatic heterocycles. The third-order valence-corrected chi connectivity index (χ3v) is 6.45. The van der Waals surface area contributed by atoms with Crippen LogP contribution in [0.25, 0.3) is 0 Å². The summed E-state index contributed by atoms with van der Waals surface area (Å²) in [4.78, 5) is 0. The van der Waals surface area contributed by atoms with Crippen molar-refractivity contribution in [2.75, 3.05) is 26.4 Å². The molecule has 0 amide bonds. The van der Waals surface area contributed by atoms with Crippen molar-refractivity contribution < 1.29 is 9.47 Å². The molecule has 2 heterocycles. The van der Waals surface area contributed by atoms with Crippen molar-refractivity contribution in [3.8, 4) is 0 Å². The Morgan fingerprint density at radius 1 is 0.704 bits per heavy atom. The average Bonchev–Trinajstić information content (AvgIpc) is 3.37. The minimum atomic E-state index is 0.0179. The van der Waals surface area contributed by atoms with Gasteiger partial charge in [-0.15, -0.1) is 0 Å². The number of hydrogen-bond donors (Lipinski definition) is 0. The van der Waals surface area contributed by atoms with Crippen LogP contribution in [0.15, 0.2) is 48.5 Å². The van der Waals surface area contributed by atoms with E-state index in [2.05, 4.69) is 62.4 Å². The summed E-state index contributed by atoms with van der Waals surface area (Å²) < 4.78 is 11.0. The summed E-state index contributed by atoms with van der Waals surface area (Å²) in [5.41, 5.74) is 5.64. The molecule has 2 atom stereocenters. The molecule has 0 bridgehead atoms. The van der Waals surface area contributed by atoms with Gasteiger partial charge in [-0.25, -0.2) is 0 Å². The Labute approximate surface area is 163 Å². The Balaban J connectivity index is 1.43. The lowest BCUT2D eigenvalue weighted by Crippen LogP contribution is -2.19. The third-order valence-electron chi connectivity index (χ3n) is 6.45. The highest BCUT2D eigenvalue weighted by atomic mass is 16.5. The fourth-order valence-electron chi connectivity index (χ4n) is 4.44. The van der Waals surface area contributed by atoms with Gasteiger partial charge in [-0.05, 0) is 59.8 Å². The van der Waals surface area contributed by atoms with E-state index in [0.717, 1.165) is 39.3 Å². The Kier molecular flexibility index (Phi) is 5.66. The first-order valence-corrected chi connectivity index (χ1v) is 10.5. The third kappa shape index (κ3) is 4.44. The predicted octanol–water partition coefficient (Wildman–Crippen LogP) is 5.17. The monoisotopic (exact) mass is 364 g/mol. The number of hydrogen-bond acceptors (Lipinski definition) is 2. The summed E-state index contributed by atoms with van der Waals surface area (Å²) in [6, 6.07) is 18.5. The summed E-state index contributed by atoms with van der Waals surface area (Å²) >= 11 is 0. The molecule has 0 spiro atoms. The van der Waals surface area contributed by atoms with Crippen LogP contribution in [0.3, 0.4) is 0 Å². The molecule has 144 valence electrons. The maximum absolute atomic E-state index is 5.51. The first-order valence-electron chi connectivity index (χ1n) is 10.5. The van der Waals surface area contributed by atoms with E-state index in [-0.39, 0.29) is 5.41 Å². The van der Waals surface area contributed by atoms with Crippen LogP contribution in [-0.4, -0.2) is 26.4 Å². The number of benzene rings is 2. The van der Waals surface area contributed by atoms with Crippen molar-refractivity contribution in [2.45, 2.75) is 44.9 Å². The van der Waals surface area contributed by atoms with E-state index in [4.69, 9.17) is 9.47 Å². The molecule has 2 aliphatic rings. The molecule has 2 saturated heterocycles. The summed E-state index contributed by atoms with van der Waals surface area (Å²) in [7, 11) is 0. The first-order chi connectivity index (χ1) is 13.1. The fourth-order valence-corrected chi connectivity index (χ4v) is 4.44. The van der Waals surface area contributed by atoms with Crippen LogP contribution < -0.4 is 0 Å². The van der Waals surface area contributed by atoms with E-state index in [9.17, 15) is 0 Å². The van der Waals surface area contributed by atoms with Gasteiger partial charge in [0.2, 0.25) is 0 Å². The predicted molar refractivity (Wildman–Crippen MR) is 110 cm³/mol. The molecule has 2 nitrogen and oxygen atoms in total. The highest BCUT2D eigenvalue weighted by molar-refractivity contribution is 5.40. The van der Waals surface area contributed by atoms with Crippen molar-refractivity contribution in [2.24, 2.45) is 11.8 Å². The van der Waals surface area contributed by atoms with Gasteiger partial charge in [0.25, 0.3) is 0 Å². The van der Waals surface area contributed by atoms with Crippen LogP contribution in [0.4, 0.5) is 0 Å². The van der Waals surface area contributed by atoms with E-state index in [1.165, 1.54) is 35.1 Å². The van der Waals surface area contributed by atoms with Gasteiger partial charge < -0.3 is 9.47 Å². The molecule has 27 heavy (non-hydrogen) atoms. The normalized spacial score (nSPS) is 23.0. The van der Waals surface area contributed by atoms with Crippen LogP contribution in [0.2, 0.25) is 0 Å². The van der Waals surface area contributed by atoms with E-state index < -0.39 is 0 Å². The van der Waals surface area contributed by atoms with E-state index >= 15 is 0 Å². The van der Waals surface area contributed by atoms with Crippen molar-refractivity contribution in [1.29, 1.82) is 0 Å². The maximum atomic E-state index is 5.51. The second kappa shape index (κ2) is 8.16. The number of ether oxygens (including phenoxy) is 2. The maximum Gasteiger partial charge on any atom is 0.0498 e. The van der Waals surface area contributed by atoms with Gasteiger partial charge in [-0.1, -0.05) is 62.4 Å². The fraction of sp³-hybridized carbons (Fsp3) is 0.520. The average molecular weight is 365 g/mol. The van der Waals surface area contributed by atoms with E-state index in [0.29, 0.717) is 11.8 Å². The van der Waals surface area contributed by atoms with Gasteiger partial charge in [0.05, 0.1) is 0 Å². The van der Waals surface area contributed by atoms with Crippen LogP contribution in [0, 0.1) is 11.8 Å². The van der Waals surface area contributed by atoms with Gasteiger partial charge in [-0.3, -0.25) is 0 Å². The van der Waals surface area contributed by atoms with Gasteiger partial charge in [0.15, 0.2) is 0 Å².